The summed E-state index contributed by atoms with van der Waals surface area (Å²) < 4.78 is 28.2. The second kappa shape index (κ2) is 8.11. The molecule has 0 saturated carbocycles. The van der Waals surface area contributed by atoms with Gasteiger partial charge in [0.05, 0.1) is 22.5 Å². The number of nitrogens with one attached hydrogen (secondary N) is 1. The predicted molar refractivity (Wildman–Crippen MR) is 114 cm³/mol. The molecule has 28 heavy (non-hydrogen) atoms. The van der Waals surface area contributed by atoms with Gasteiger partial charge in [0.15, 0.2) is 0 Å². The molecule has 0 aliphatic carbocycles. The largest absolute Gasteiger partial charge is 0.378 e. The molecule has 0 saturated heterocycles. The van der Waals surface area contributed by atoms with Crippen molar-refractivity contribution in [1.82, 2.24) is 13.9 Å². The van der Waals surface area contributed by atoms with E-state index in [1.165, 1.54) is 18.4 Å². The topological polar surface area (TPSA) is 67.2 Å². The molecule has 3 aromatic rings. The number of hydrogen-bond acceptors (Lipinski definition) is 4. The van der Waals surface area contributed by atoms with Crippen molar-refractivity contribution in [2.75, 3.05) is 19.4 Å². The van der Waals surface area contributed by atoms with E-state index in [0.717, 1.165) is 35.6 Å². The van der Waals surface area contributed by atoms with E-state index in [9.17, 15) is 8.42 Å². The van der Waals surface area contributed by atoms with Crippen molar-refractivity contribution in [3.63, 3.8) is 0 Å². The summed E-state index contributed by atoms with van der Waals surface area (Å²) in [6.07, 6.45) is 0.955. The third-order valence-electron chi connectivity index (χ3n) is 4.65. The van der Waals surface area contributed by atoms with Gasteiger partial charge in [0.1, 0.15) is 5.82 Å². The molecular formula is C20H25ClN4O2S. The van der Waals surface area contributed by atoms with Gasteiger partial charge >= 0.3 is 0 Å². The molecule has 8 heteroatoms. The van der Waals surface area contributed by atoms with Gasteiger partial charge in [-0.2, -0.15) is 0 Å². The maximum Gasteiger partial charge on any atom is 0.242 e. The Morgan fingerprint density at radius 1 is 1.18 bits per heavy atom. The average Bonchev–Trinajstić information content (AvgIpc) is 2.98. The molecule has 6 nitrogen and oxygen atoms in total. The van der Waals surface area contributed by atoms with Crippen LogP contribution >= 0.6 is 11.6 Å². The summed E-state index contributed by atoms with van der Waals surface area (Å²) in [5.74, 6) is 0.866. The van der Waals surface area contributed by atoms with Gasteiger partial charge in [0.2, 0.25) is 10.0 Å². The van der Waals surface area contributed by atoms with Crippen LogP contribution in [0.5, 0.6) is 0 Å². The Morgan fingerprint density at radius 3 is 2.57 bits per heavy atom. The lowest BCUT2D eigenvalue weighted by molar-refractivity contribution is 0.521. The number of hydrogen-bond donors (Lipinski definition) is 1. The second-order valence-electron chi connectivity index (χ2n) is 6.93. The number of rotatable bonds is 7. The van der Waals surface area contributed by atoms with Crippen molar-refractivity contribution in [3.05, 3.63) is 52.8 Å². The minimum Gasteiger partial charge on any atom is -0.378 e. The molecule has 2 aromatic carbocycles. The molecule has 1 N–H and O–H groups in total. The van der Waals surface area contributed by atoms with Crippen LogP contribution in [0.25, 0.3) is 11.0 Å². The van der Waals surface area contributed by atoms with Gasteiger partial charge in [0.25, 0.3) is 0 Å². The SMILES string of the molecule is CCCn1c(CNc2ccc(Cl)cc2C)nc2cc(S(=O)(=O)N(C)C)ccc21. The van der Waals surface area contributed by atoms with Crippen molar-refractivity contribution in [2.45, 2.75) is 38.3 Å². The highest BCUT2D eigenvalue weighted by Gasteiger charge is 2.19. The molecule has 0 spiro atoms. The minimum absolute atomic E-state index is 0.249. The maximum atomic E-state index is 12.4. The van der Waals surface area contributed by atoms with Gasteiger partial charge in [0, 0.05) is 31.4 Å². The number of benzene rings is 2. The Kier molecular flexibility index (Phi) is 5.98. The standard InChI is InChI=1S/C20H25ClN4O2S/c1-5-10-25-19-9-7-16(28(26,27)24(3)4)12-18(19)23-20(25)13-22-17-8-6-15(21)11-14(17)2/h6-9,11-12,22H,5,10,13H2,1-4H3. The lowest BCUT2D eigenvalue weighted by Crippen LogP contribution is -2.22. The third kappa shape index (κ3) is 4.01. The Morgan fingerprint density at radius 2 is 1.93 bits per heavy atom. The summed E-state index contributed by atoms with van der Waals surface area (Å²) >= 11 is 6.03. The molecule has 0 atom stereocenters. The van der Waals surface area contributed by atoms with Crippen molar-refractivity contribution in [2.24, 2.45) is 0 Å². The number of anilines is 1. The lowest BCUT2D eigenvalue weighted by atomic mass is 10.2. The fraction of sp³-hybridized carbons (Fsp3) is 0.350. The zero-order chi connectivity index (χ0) is 20.5. The van der Waals surface area contributed by atoms with Crippen LogP contribution in [-0.2, 0) is 23.1 Å². The Hall–Kier alpha value is -2.09. The summed E-state index contributed by atoms with van der Waals surface area (Å²) in [4.78, 5) is 4.97. The molecule has 0 radical (unpaired) electrons. The highest BCUT2D eigenvalue weighted by molar-refractivity contribution is 7.89. The van der Waals surface area contributed by atoms with Gasteiger partial charge < -0.3 is 9.88 Å². The summed E-state index contributed by atoms with van der Waals surface area (Å²) in [7, 11) is -0.440. The monoisotopic (exact) mass is 420 g/mol. The van der Waals surface area contributed by atoms with E-state index in [4.69, 9.17) is 16.6 Å². The minimum atomic E-state index is -3.49. The molecule has 0 fully saturated rings. The molecule has 3 rings (SSSR count). The quantitative estimate of drug-likeness (QED) is 0.619. The average molecular weight is 421 g/mol. The molecular weight excluding hydrogens is 396 g/mol. The molecule has 0 bridgehead atoms. The molecule has 0 unspecified atom stereocenters. The number of nitrogens with zero attached hydrogens (tertiary/aromatic N) is 3. The van der Waals surface area contributed by atoms with Crippen LogP contribution < -0.4 is 5.32 Å². The van der Waals surface area contributed by atoms with Crippen LogP contribution in [0.3, 0.4) is 0 Å². The normalized spacial score (nSPS) is 12.1. The third-order valence-corrected chi connectivity index (χ3v) is 6.70. The molecule has 1 aromatic heterocycles. The van der Waals surface area contributed by atoms with Gasteiger partial charge in [-0.15, -0.1) is 0 Å². The highest BCUT2D eigenvalue weighted by Crippen LogP contribution is 2.24. The number of aromatic nitrogens is 2. The van der Waals surface area contributed by atoms with Gasteiger partial charge in [-0.1, -0.05) is 18.5 Å². The summed E-state index contributed by atoms with van der Waals surface area (Å²) in [5, 5.41) is 4.12. The van der Waals surface area contributed by atoms with Crippen LogP contribution in [0.2, 0.25) is 5.02 Å². The van der Waals surface area contributed by atoms with Crippen LogP contribution in [0.15, 0.2) is 41.3 Å². The number of aryl methyl sites for hydroxylation is 2. The van der Waals surface area contributed by atoms with Crippen molar-refractivity contribution in [3.8, 4) is 0 Å². The maximum absolute atomic E-state index is 12.4. The first-order valence-electron chi connectivity index (χ1n) is 9.15. The van der Waals surface area contributed by atoms with E-state index >= 15 is 0 Å². The smallest absolute Gasteiger partial charge is 0.242 e. The predicted octanol–water partition coefficient (Wildman–Crippen LogP) is 4.27. The van der Waals surface area contributed by atoms with E-state index in [1.54, 1.807) is 12.1 Å². The fourth-order valence-electron chi connectivity index (χ4n) is 3.14. The Balaban J connectivity index is 1.98. The van der Waals surface area contributed by atoms with Crippen LogP contribution in [0.4, 0.5) is 5.69 Å². The van der Waals surface area contributed by atoms with Gasteiger partial charge in [-0.25, -0.2) is 17.7 Å². The summed E-state index contributed by atoms with van der Waals surface area (Å²) in [6.45, 7) is 5.46. The molecule has 1 heterocycles. The van der Waals surface area contributed by atoms with Crippen LogP contribution in [0, 0.1) is 6.92 Å². The van der Waals surface area contributed by atoms with E-state index in [0.29, 0.717) is 17.1 Å². The van der Waals surface area contributed by atoms with E-state index in [-0.39, 0.29) is 4.90 Å². The number of halogens is 1. The summed E-state index contributed by atoms with van der Waals surface area (Å²) in [6, 6.07) is 10.8. The van der Waals surface area contributed by atoms with Gasteiger partial charge in [-0.05, 0) is 55.3 Å². The zero-order valence-corrected chi connectivity index (χ0v) is 18.1. The van der Waals surface area contributed by atoms with Crippen LogP contribution in [-0.4, -0.2) is 36.4 Å². The van der Waals surface area contributed by atoms with E-state index in [1.807, 2.05) is 31.2 Å². The number of sulfonamides is 1. The highest BCUT2D eigenvalue weighted by atomic mass is 35.5. The summed E-state index contributed by atoms with van der Waals surface area (Å²) in [5.41, 5.74) is 3.67. The van der Waals surface area contributed by atoms with Gasteiger partial charge in [-0.3, -0.25) is 0 Å². The van der Waals surface area contributed by atoms with Crippen molar-refractivity contribution in [1.29, 1.82) is 0 Å². The number of imidazole rings is 1. The Bertz CT molecular complexity index is 1110. The lowest BCUT2D eigenvalue weighted by Gasteiger charge is -2.12. The Labute approximate surface area is 171 Å². The van der Waals surface area contributed by atoms with Crippen LogP contribution in [0.1, 0.15) is 24.7 Å². The first-order chi connectivity index (χ1) is 13.2. The molecule has 0 amide bonds. The number of fused-ring (bicyclic) bond motifs is 1. The fourth-order valence-corrected chi connectivity index (χ4v) is 4.29. The van der Waals surface area contributed by atoms with Crippen molar-refractivity contribution >= 4 is 38.3 Å². The second-order valence-corrected chi connectivity index (χ2v) is 9.52. The van der Waals surface area contributed by atoms with E-state index in [2.05, 4.69) is 16.8 Å². The molecule has 0 aliphatic heterocycles. The molecule has 150 valence electrons. The molecule has 0 aliphatic rings. The van der Waals surface area contributed by atoms with E-state index < -0.39 is 10.0 Å². The first kappa shape index (κ1) is 20.6. The first-order valence-corrected chi connectivity index (χ1v) is 11.0. The van der Waals surface area contributed by atoms with Crippen molar-refractivity contribution < 1.29 is 8.42 Å². The zero-order valence-electron chi connectivity index (χ0n) is 16.5.